The molecule has 0 saturated carbocycles. The minimum absolute atomic E-state index is 0.111. The topological polar surface area (TPSA) is 46.6 Å². The van der Waals surface area contributed by atoms with Crippen LogP contribution >= 0.6 is 0 Å². The summed E-state index contributed by atoms with van der Waals surface area (Å²) in [4.78, 5) is 23.8. The lowest BCUT2D eigenvalue weighted by atomic mass is 10.8. The molecule has 0 spiro atoms. The van der Waals surface area contributed by atoms with Gasteiger partial charge in [0.05, 0.1) is 0 Å². The van der Waals surface area contributed by atoms with Crippen molar-refractivity contribution in [1.82, 2.24) is 5.06 Å². The smallest absolute Gasteiger partial charge is 0.362 e. The van der Waals surface area contributed by atoms with Crippen LogP contribution < -0.4 is 0 Å². The number of carbonyl (C=O) groups excluding carboxylic acids is 2. The molecule has 8 heavy (non-hydrogen) atoms. The maximum atomic E-state index is 9.99. The maximum Gasteiger partial charge on any atom is 0.390 e. The van der Waals surface area contributed by atoms with Gasteiger partial charge in [-0.2, -0.15) is 0 Å². The van der Waals surface area contributed by atoms with Gasteiger partial charge >= 0.3 is 5.97 Å². The molecule has 0 heterocycles. The van der Waals surface area contributed by atoms with Crippen LogP contribution in [0.4, 0.5) is 0 Å². The monoisotopic (exact) mass is 117 g/mol. The summed E-state index contributed by atoms with van der Waals surface area (Å²) in [7, 11) is 3.03. The van der Waals surface area contributed by atoms with Gasteiger partial charge < -0.3 is 4.84 Å². The van der Waals surface area contributed by atoms with Crippen molar-refractivity contribution >= 4 is 12.3 Å². The molecule has 0 rings (SSSR count). The molecule has 4 heteroatoms. The van der Waals surface area contributed by atoms with E-state index in [-0.39, 0.29) is 6.29 Å². The zero-order chi connectivity index (χ0) is 6.57. The highest BCUT2D eigenvalue weighted by Crippen LogP contribution is 1.75. The van der Waals surface area contributed by atoms with E-state index in [9.17, 15) is 9.59 Å². The lowest BCUT2D eigenvalue weighted by Gasteiger charge is -2.04. The predicted molar refractivity (Wildman–Crippen MR) is 25.8 cm³/mol. The maximum absolute atomic E-state index is 9.99. The fourth-order valence-corrected chi connectivity index (χ4v) is 0.201. The first-order valence-corrected chi connectivity index (χ1v) is 2.01. The minimum Gasteiger partial charge on any atom is -0.362 e. The SMILES string of the molecule is CN(C)OC(=O)C=O. The average Bonchev–Trinajstić information content (AvgIpc) is 1.65. The van der Waals surface area contributed by atoms with Gasteiger partial charge in [-0.25, -0.2) is 4.79 Å². The van der Waals surface area contributed by atoms with Gasteiger partial charge in [-0.3, -0.25) is 4.79 Å². The molecule has 0 fully saturated rings. The highest BCUT2D eigenvalue weighted by atomic mass is 16.7. The van der Waals surface area contributed by atoms with Crippen LogP contribution in [0.2, 0.25) is 0 Å². The minimum atomic E-state index is -0.880. The Balaban J connectivity index is 3.39. The summed E-state index contributed by atoms with van der Waals surface area (Å²) in [5.41, 5.74) is 0. The van der Waals surface area contributed by atoms with Crippen molar-refractivity contribution in [3.05, 3.63) is 0 Å². The number of hydrogen-bond acceptors (Lipinski definition) is 4. The Morgan fingerprint density at radius 1 is 1.62 bits per heavy atom. The molecule has 0 aromatic heterocycles. The number of carbonyl (C=O) groups is 2. The Morgan fingerprint density at radius 2 is 2.12 bits per heavy atom. The van der Waals surface area contributed by atoms with Crippen LogP contribution in [0.15, 0.2) is 0 Å². The molecule has 0 aromatic rings. The molecular formula is C4H7NO3. The second-order valence-corrected chi connectivity index (χ2v) is 1.34. The number of nitrogens with zero attached hydrogens (tertiary/aromatic N) is 1. The standard InChI is InChI=1S/C4H7NO3/c1-5(2)8-4(7)3-6/h3H,1-2H3. The van der Waals surface area contributed by atoms with Crippen molar-refractivity contribution in [2.24, 2.45) is 0 Å². The van der Waals surface area contributed by atoms with Crippen LogP contribution in [0.25, 0.3) is 0 Å². The third kappa shape index (κ3) is 3.30. The highest BCUT2D eigenvalue weighted by Gasteiger charge is 1.98. The Labute approximate surface area is 47.0 Å². The van der Waals surface area contributed by atoms with Crippen LogP contribution in [0.5, 0.6) is 0 Å². The van der Waals surface area contributed by atoms with Crippen LogP contribution in [-0.4, -0.2) is 31.4 Å². The molecule has 0 amide bonds. The van der Waals surface area contributed by atoms with Crippen LogP contribution in [0.1, 0.15) is 0 Å². The largest absolute Gasteiger partial charge is 0.390 e. The zero-order valence-electron chi connectivity index (χ0n) is 4.75. The van der Waals surface area contributed by atoms with Crippen molar-refractivity contribution < 1.29 is 14.4 Å². The lowest BCUT2D eigenvalue weighted by molar-refractivity contribution is -0.177. The van der Waals surface area contributed by atoms with Crippen molar-refractivity contribution in [2.75, 3.05) is 14.1 Å². The molecule has 0 aliphatic carbocycles. The predicted octanol–water partition coefficient (Wildman–Crippen LogP) is -0.795. The second kappa shape index (κ2) is 3.15. The number of aldehydes is 1. The third-order valence-corrected chi connectivity index (χ3v) is 0.369. The van der Waals surface area contributed by atoms with Gasteiger partial charge in [-0.1, -0.05) is 0 Å². The Kier molecular flexibility index (Phi) is 2.79. The summed E-state index contributed by atoms with van der Waals surface area (Å²) in [6.45, 7) is 0. The Morgan fingerprint density at radius 3 is 2.25 bits per heavy atom. The van der Waals surface area contributed by atoms with Gasteiger partial charge in [0.1, 0.15) is 0 Å². The number of hydroxylamine groups is 2. The van der Waals surface area contributed by atoms with Crippen LogP contribution in [-0.2, 0) is 14.4 Å². The molecule has 0 bridgehead atoms. The summed E-state index contributed by atoms with van der Waals surface area (Å²) >= 11 is 0. The lowest BCUT2D eigenvalue weighted by Crippen LogP contribution is -2.18. The molecule has 0 saturated heterocycles. The molecule has 0 aliphatic rings. The van der Waals surface area contributed by atoms with E-state index in [2.05, 4.69) is 4.84 Å². The summed E-state index contributed by atoms with van der Waals surface area (Å²) in [6.07, 6.45) is 0.111. The Hall–Kier alpha value is -0.900. The van der Waals surface area contributed by atoms with Gasteiger partial charge in [-0.15, -0.1) is 5.06 Å². The quantitative estimate of drug-likeness (QED) is 0.270. The van der Waals surface area contributed by atoms with E-state index in [1.54, 1.807) is 0 Å². The molecule has 0 aliphatic heterocycles. The van der Waals surface area contributed by atoms with Gasteiger partial charge in [-0.05, 0) is 0 Å². The zero-order valence-corrected chi connectivity index (χ0v) is 4.75. The molecule has 4 nitrogen and oxygen atoms in total. The molecule has 0 atom stereocenters. The fraction of sp³-hybridized carbons (Fsp3) is 0.500. The molecular weight excluding hydrogens is 110 g/mol. The number of rotatable bonds is 2. The van der Waals surface area contributed by atoms with Crippen molar-refractivity contribution in [3.8, 4) is 0 Å². The first-order chi connectivity index (χ1) is 3.66. The van der Waals surface area contributed by atoms with E-state index in [0.717, 1.165) is 5.06 Å². The van der Waals surface area contributed by atoms with Crippen molar-refractivity contribution in [1.29, 1.82) is 0 Å². The first kappa shape index (κ1) is 7.10. The fourth-order valence-electron chi connectivity index (χ4n) is 0.201. The van der Waals surface area contributed by atoms with Crippen molar-refractivity contribution in [3.63, 3.8) is 0 Å². The first-order valence-electron chi connectivity index (χ1n) is 2.01. The second-order valence-electron chi connectivity index (χ2n) is 1.34. The van der Waals surface area contributed by atoms with Crippen LogP contribution in [0, 0.1) is 0 Å². The van der Waals surface area contributed by atoms with Gasteiger partial charge in [0.2, 0.25) is 6.29 Å². The molecule has 0 N–H and O–H groups in total. The van der Waals surface area contributed by atoms with Crippen LogP contribution in [0.3, 0.4) is 0 Å². The summed E-state index contributed by atoms with van der Waals surface area (Å²) in [6, 6.07) is 0. The summed E-state index contributed by atoms with van der Waals surface area (Å²) in [5.74, 6) is -0.880. The summed E-state index contributed by atoms with van der Waals surface area (Å²) < 4.78 is 0. The molecule has 0 radical (unpaired) electrons. The van der Waals surface area contributed by atoms with E-state index < -0.39 is 5.97 Å². The molecule has 0 aromatic carbocycles. The van der Waals surface area contributed by atoms with Gasteiger partial charge in [0, 0.05) is 14.1 Å². The summed E-state index contributed by atoms with van der Waals surface area (Å²) in [5, 5.41) is 1.15. The van der Waals surface area contributed by atoms with E-state index in [4.69, 9.17) is 0 Å². The third-order valence-electron chi connectivity index (χ3n) is 0.369. The Bertz CT molecular complexity index is 99.5. The average molecular weight is 117 g/mol. The molecule has 0 unspecified atom stereocenters. The van der Waals surface area contributed by atoms with E-state index in [1.807, 2.05) is 0 Å². The highest BCUT2D eigenvalue weighted by molar-refractivity contribution is 6.20. The normalized spacial score (nSPS) is 8.88. The van der Waals surface area contributed by atoms with E-state index in [0.29, 0.717) is 0 Å². The molecule has 46 valence electrons. The van der Waals surface area contributed by atoms with E-state index >= 15 is 0 Å². The van der Waals surface area contributed by atoms with Crippen molar-refractivity contribution in [2.45, 2.75) is 0 Å². The van der Waals surface area contributed by atoms with E-state index in [1.165, 1.54) is 14.1 Å². The van der Waals surface area contributed by atoms with Gasteiger partial charge in [0.25, 0.3) is 0 Å². The number of hydrogen-bond donors (Lipinski definition) is 0. The van der Waals surface area contributed by atoms with Gasteiger partial charge in [0.15, 0.2) is 0 Å².